The van der Waals surface area contributed by atoms with Gasteiger partial charge in [0.15, 0.2) is 17.4 Å². The van der Waals surface area contributed by atoms with Gasteiger partial charge >= 0.3 is 0 Å². The van der Waals surface area contributed by atoms with E-state index in [1.54, 1.807) is 0 Å². The van der Waals surface area contributed by atoms with E-state index in [4.69, 9.17) is 9.26 Å². The van der Waals surface area contributed by atoms with E-state index in [9.17, 15) is 22.7 Å². The van der Waals surface area contributed by atoms with Crippen molar-refractivity contribution in [3.05, 3.63) is 89.7 Å². The molecule has 4 aromatic rings. The highest BCUT2D eigenvalue weighted by Crippen LogP contribution is 2.32. The molecule has 0 saturated carbocycles. The van der Waals surface area contributed by atoms with Crippen LogP contribution in [0.5, 0.6) is 0 Å². The summed E-state index contributed by atoms with van der Waals surface area (Å²) in [5, 5.41) is 19.1. The van der Waals surface area contributed by atoms with Gasteiger partial charge in [-0.15, -0.1) is 0 Å². The number of hydrogen-bond donors (Lipinski definition) is 1. The maximum absolute atomic E-state index is 14.6. The smallest absolute Gasteiger partial charge is 0.168 e. The van der Waals surface area contributed by atoms with Crippen molar-refractivity contribution < 1.29 is 31.9 Å². The zero-order valence-corrected chi connectivity index (χ0v) is 17.3. The summed E-state index contributed by atoms with van der Waals surface area (Å²) in [6, 6.07) is 7.83. The first-order valence-corrected chi connectivity index (χ1v) is 9.80. The van der Waals surface area contributed by atoms with E-state index in [1.165, 1.54) is 42.5 Å². The summed E-state index contributed by atoms with van der Waals surface area (Å²) in [7, 11) is 0. The molecule has 0 fully saturated rings. The first-order valence-electron chi connectivity index (χ1n) is 9.80. The van der Waals surface area contributed by atoms with Gasteiger partial charge in [0.2, 0.25) is 0 Å². The van der Waals surface area contributed by atoms with Crippen LogP contribution in [0, 0.1) is 23.3 Å². The van der Waals surface area contributed by atoms with Crippen molar-refractivity contribution in [2.45, 2.75) is 31.8 Å². The Hall–Kier alpha value is -3.57. The lowest BCUT2D eigenvalue weighted by molar-refractivity contribution is -0.126. The Morgan fingerprint density at radius 2 is 1.94 bits per heavy atom. The molecule has 0 bridgehead atoms. The van der Waals surface area contributed by atoms with Crippen LogP contribution in [-0.2, 0) is 23.5 Å². The van der Waals surface area contributed by atoms with Crippen LogP contribution in [0.1, 0.15) is 18.2 Å². The van der Waals surface area contributed by atoms with Gasteiger partial charge in [-0.2, -0.15) is 5.10 Å². The molecule has 4 rings (SSSR count). The first kappa shape index (κ1) is 22.6. The Bertz CT molecular complexity index is 1250. The van der Waals surface area contributed by atoms with Crippen LogP contribution in [0.4, 0.5) is 17.6 Å². The van der Waals surface area contributed by atoms with E-state index < -0.39 is 35.0 Å². The Kier molecular flexibility index (Phi) is 6.25. The number of hydrogen-bond acceptors (Lipinski definition) is 6. The van der Waals surface area contributed by atoms with Crippen LogP contribution in [-0.4, -0.2) is 31.1 Å². The number of rotatable bonds is 8. The number of ether oxygens (including phenoxy) is 1. The Balaban J connectivity index is 1.56. The average Bonchev–Trinajstić information content (AvgIpc) is 3.46. The third-order valence-electron chi connectivity index (χ3n) is 5.20. The number of aliphatic hydroxyl groups is 1. The second kappa shape index (κ2) is 9.12. The minimum atomic E-state index is -1.97. The van der Waals surface area contributed by atoms with Crippen molar-refractivity contribution in [2.75, 3.05) is 0 Å². The van der Waals surface area contributed by atoms with Gasteiger partial charge in [0.1, 0.15) is 42.2 Å². The fourth-order valence-corrected chi connectivity index (χ4v) is 3.39. The summed E-state index contributed by atoms with van der Waals surface area (Å²) in [5.41, 5.74) is -2.20. The number of halogens is 4. The molecular weight excluding hydrogens is 444 g/mol. The monoisotopic (exact) mass is 462 g/mol. The zero-order valence-electron chi connectivity index (χ0n) is 17.3. The molecule has 33 heavy (non-hydrogen) atoms. The van der Waals surface area contributed by atoms with E-state index in [0.717, 1.165) is 18.2 Å². The fraction of sp³-hybridized carbons (Fsp3) is 0.227. The van der Waals surface area contributed by atoms with Gasteiger partial charge in [-0.25, -0.2) is 27.2 Å². The summed E-state index contributed by atoms with van der Waals surface area (Å²) >= 11 is 0. The quantitative estimate of drug-likeness (QED) is 0.399. The Labute approximate surface area is 185 Å². The van der Waals surface area contributed by atoms with Crippen LogP contribution in [0.3, 0.4) is 0 Å². The molecule has 0 radical (unpaired) electrons. The molecule has 1 N–H and O–H groups in total. The summed E-state index contributed by atoms with van der Waals surface area (Å²) in [6.07, 6.45) is 1.52. The first-order chi connectivity index (χ1) is 15.8. The normalized spacial score (nSPS) is 14.2. The predicted octanol–water partition coefficient (Wildman–Crippen LogP) is 3.98. The standard InChI is InChI=1S/C22H18F4N4O3/c1-13(32-9-15-8-20(29-33-15)16-3-2-4-18(24)21(16)26)22(31,10-30-12-27-11-28-30)17-6-5-14(23)7-19(17)25/h2-8,11-13,31H,9-10H2,1H3. The summed E-state index contributed by atoms with van der Waals surface area (Å²) in [4.78, 5) is 3.80. The van der Waals surface area contributed by atoms with Gasteiger partial charge in [0.05, 0.1) is 12.6 Å². The molecule has 7 nitrogen and oxygen atoms in total. The van der Waals surface area contributed by atoms with Gasteiger partial charge in [-0.1, -0.05) is 17.3 Å². The van der Waals surface area contributed by atoms with E-state index in [1.807, 2.05) is 0 Å². The number of nitrogens with zero attached hydrogens (tertiary/aromatic N) is 4. The van der Waals surface area contributed by atoms with Crippen LogP contribution in [0.25, 0.3) is 11.3 Å². The second-order valence-electron chi connectivity index (χ2n) is 7.37. The van der Waals surface area contributed by atoms with Crippen LogP contribution >= 0.6 is 0 Å². The largest absolute Gasteiger partial charge is 0.380 e. The Morgan fingerprint density at radius 3 is 2.67 bits per heavy atom. The van der Waals surface area contributed by atoms with Gasteiger partial charge in [0.25, 0.3) is 0 Å². The van der Waals surface area contributed by atoms with Gasteiger partial charge < -0.3 is 14.4 Å². The minimum Gasteiger partial charge on any atom is -0.380 e. The molecule has 2 aromatic carbocycles. The lowest BCUT2D eigenvalue weighted by Crippen LogP contribution is -2.44. The summed E-state index contributed by atoms with van der Waals surface area (Å²) in [6.45, 7) is 1.02. The molecule has 172 valence electrons. The van der Waals surface area contributed by atoms with Crippen molar-refractivity contribution in [1.29, 1.82) is 0 Å². The molecule has 2 unspecified atom stereocenters. The maximum atomic E-state index is 14.6. The van der Waals surface area contributed by atoms with Crippen LogP contribution < -0.4 is 0 Å². The van der Waals surface area contributed by atoms with Gasteiger partial charge in [-0.3, -0.25) is 0 Å². The van der Waals surface area contributed by atoms with Crippen molar-refractivity contribution in [2.24, 2.45) is 0 Å². The third-order valence-corrected chi connectivity index (χ3v) is 5.20. The third kappa shape index (κ3) is 4.64. The minimum absolute atomic E-state index is 0.0562. The predicted molar refractivity (Wildman–Crippen MR) is 106 cm³/mol. The van der Waals surface area contributed by atoms with Crippen LogP contribution in [0.15, 0.2) is 59.6 Å². The fourth-order valence-electron chi connectivity index (χ4n) is 3.39. The molecule has 0 spiro atoms. The highest BCUT2D eigenvalue weighted by molar-refractivity contribution is 5.59. The molecule has 2 aromatic heterocycles. The molecule has 0 amide bonds. The zero-order chi connectivity index (χ0) is 23.6. The number of aromatic nitrogens is 4. The highest BCUT2D eigenvalue weighted by atomic mass is 19.2. The van der Waals surface area contributed by atoms with Crippen molar-refractivity contribution in [1.82, 2.24) is 19.9 Å². The molecule has 2 atom stereocenters. The molecule has 0 aliphatic carbocycles. The average molecular weight is 462 g/mol. The summed E-state index contributed by atoms with van der Waals surface area (Å²) in [5.74, 6) is -3.70. The van der Waals surface area contributed by atoms with Gasteiger partial charge in [-0.05, 0) is 25.1 Å². The van der Waals surface area contributed by atoms with Crippen molar-refractivity contribution in [3.8, 4) is 11.3 Å². The van der Waals surface area contributed by atoms with E-state index >= 15 is 0 Å². The van der Waals surface area contributed by atoms with Gasteiger partial charge in [0, 0.05) is 23.3 Å². The SMILES string of the molecule is CC(OCc1cc(-c2cccc(F)c2F)no1)C(O)(Cn1cncn1)c1ccc(F)cc1F. The van der Waals surface area contributed by atoms with Crippen LogP contribution in [0.2, 0.25) is 0 Å². The van der Waals surface area contributed by atoms with E-state index in [-0.39, 0.29) is 35.7 Å². The number of benzene rings is 2. The lowest BCUT2D eigenvalue weighted by atomic mass is 9.88. The molecule has 11 heteroatoms. The summed E-state index contributed by atoms with van der Waals surface area (Å²) < 4.78 is 67.6. The molecule has 2 heterocycles. The lowest BCUT2D eigenvalue weighted by Gasteiger charge is -2.34. The molecule has 0 saturated heterocycles. The molecule has 0 aliphatic rings. The maximum Gasteiger partial charge on any atom is 0.168 e. The molecular formula is C22H18F4N4O3. The van der Waals surface area contributed by atoms with E-state index in [0.29, 0.717) is 6.07 Å². The Morgan fingerprint density at radius 1 is 1.12 bits per heavy atom. The second-order valence-corrected chi connectivity index (χ2v) is 7.37. The molecule has 0 aliphatic heterocycles. The van der Waals surface area contributed by atoms with Crippen molar-refractivity contribution >= 4 is 0 Å². The van der Waals surface area contributed by atoms with Crippen molar-refractivity contribution in [3.63, 3.8) is 0 Å². The topological polar surface area (TPSA) is 86.2 Å². The van der Waals surface area contributed by atoms with E-state index in [2.05, 4.69) is 15.2 Å². The highest BCUT2D eigenvalue weighted by Gasteiger charge is 2.40.